The molecule has 0 aliphatic heterocycles. The molecule has 0 saturated carbocycles. The van der Waals surface area contributed by atoms with Crippen LogP contribution in [0.5, 0.6) is 0 Å². The molecule has 0 aromatic carbocycles. The highest BCUT2D eigenvalue weighted by Gasteiger charge is 2.15. The summed E-state index contributed by atoms with van der Waals surface area (Å²) in [5.41, 5.74) is 0. The molecular formula is C11H25NO3S. The molecule has 0 spiro atoms. The number of nitrogens with one attached hydrogen (secondary N) is 1. The average molecular weight is 251 g/mol. The molecule has 98 valence electrons. The van der Waals surface area contributed by atoms with Crippen LogP contribution in [0, 0.1) is 0 Å². The second-order valence-electron chi connectivity index (χ2n) is 4.45. The van der Waals surface area contributed by atoms with Crippen LogP contribution in [-0.4, -0.2) is 46.2 Å². The minimum absolute atomic E-state index is 0.0213. The molecule has 0 heterocycles. The zero-order valence-electron chi connectivity index (χ0n) is 10.8. The van der Waals surface area contributed by atoms with E-state index in [4.69, 9.17) is 4.74 Å². The predicted molar refractivity (Wildman–Crippen MR) is 67.5 cm³/mol. The molecule has 0 radical (unpaired) electrons. The quantitative estimate of drug-likeness (QED) is 0.669. The van der Waals surface area contributed by atoms with Crippen molar-refractivity contribution in [2.75, 3.05) is 25.7 Å². The van der Waals surface area contributed by atoms with Crippen molar-refractivity contribution in [3.63, 3.8) is 0 Å². The number of hydrogen-bond acceptors (Lipinski definition) is 4. The highest BCUT2D eigenvalue weighted by Crippen LogP contribution is 2.03. The van der Waals surface area contributed by atoms with Crippen molar-refractivity contribution in [1.29, 1.82) is 0 Å². The van der Waals surface area contributed by atoms with Gasteiger partial charge in [-0.1, -0.05) is 19.8 Å². The van der Waals surface area contributed by atoms with Crippen LogP contribution in [0.3, 0.4) is 0 Å². The van der Waals surface area contributed by atoms with Crippen molar-refractivity contribution in [2.24, 2.45) is 0 Å². The van der Waals surface area contributed by atoms with Crippen LogP contribution in [0.15, 0.2) is 0 Å². The average Bonchev–Trinajstić information content (AvgIpc) is 2.11. The maximum atomic E-state index is 11.1. The number of hydrogen-bond donors (Lipinski definition) is 1. The molecule has 16 heavy (non-hydrogen) atoms. The van der Waals surface area contributed by atoms with Gasteiger partial charge < -0.3 is 10.1 Å². The third kappa shape index (κ3) is 9.12. The zero-order valence-corrected chi connectivity index (χ0v) is 11.6. The van der Waals surface area contributed by atoms with Gasteiger partial charge in [-0.2, -0.15) is 0 Å². The molecule has 0 rings (SSSR count). The lowest BCUT2D eigenvalue weighted by molar-refractivity contribution is 0.157. The molecule has 2 atom stereocenters. The van der Waals surface area contributed by atoms with E-state index in [9.17, 15) is 8.42 Å². The normalized spacial score (nSPS) is 16.0. The van der Waals surface area contributed by atoms with Crippen molar-refractivity contribution >= 4 is 9.84 Å². The van der Waals surface area contributed by atoms with Gasteiger partial charge in [0, 0.05) is 25.4 Å². The Morgan fingerprint density at radius 1 is 1.38 bits per heavy atom. The molecule has 0 amide bonds. The molecule has 0 bridgehead atoms. The van der Waals surface area contributed by atoms with Crippen molar-refractivity contribution in [2.45, 2.75) is 45.2 Å². The van der Waals surface area contributed by atoms with Crippen molar-refractivity contribution in [1.82, 2.24) is 5.32 Å². The molecule has 5 heteroatoms. The van der Waals surface area contributed by atoms with Gasteiger partial charge in [-0.15, -0.1) is 0 Å². The molecule has 0 aromatic rings. The minimum atomic E-state index is -2.91. The van der Waals surface area contributed by atoms with Gasteiger partial charge in [0.25, 0.3) is 0 Å². The van der Waals surface area contributed by atoms with E-state index in [1.165, 1.54) is 6.26 Å². The maximum absolute atomic E-state index is 11.1. The Morgan fingerprint density at radius 3 is 2.44 bits per heavy atom. The van der Waals surface area contributed by atoms with Gasteiger partial charge in [0.2, 0.25) is 0 Å². The smallest absolute Gasteiger partial charge is 0.148 e. The van der Waals surface area contributed by atoms with Crippen LogP contribution in [0.2, 0.25) is 0 Å². The van der Waals surface area contributed by atoms with E-state index in [-0.39, 0.29) is 17.8 Å². The fourth-order valence-corrected chi connectivity index (χ4v) is 2.78. The number of methoxy groups -OCH3 is 1. The van der Waals surface area contributed by atoms with Gasteiger partial charge in [-0.25, -0.2) is 8.42 Å². The van der Waals surface area contributed by atoms with Crippen molar-refractivity contribution < 1.29 is 13.2 Å². The van der Waals surface area contributed by atoms with E-state index in [0.717, 1.165) is 19.3 Å². The Balaban J connectivity index is 4.06. The second-order valence-corrected chi connectivity index (χ2v) is 6.64. The van der Waals surface area contributed by atoms with Gasteiger partial charge >= 0.3 is 0 Å². The molecule has 0 aromatic heterocycles. The maximum Gasteiger partial charge on any atom is 0.148 e. The van der Waals surface area contributed by atoms with Crippen LogP contribution in [0.25, 0.3) is 0 Å². The van der Waals surface area contributed by atoms with E-state index in [0.29, 0.717) is 6.61 Å². The lowest BCUT2D eigenvalue weighted by Gasteiger charge is -2.22. The van der Waals surface area contributed by atoms with E-state index < -0.39 is 9.84 Å². The first-order valence-electron chi connectivity index (χ1n) is 5.81. The fraction of sp³-hybridized carbons (Fsp3) is 1.00. The lowest BCUT2D eigenvalue weighted by Crippen LogP contribution is -2.42. The summed E-state index contributed by atoms with van der Waals surface area (Å²) in [5.74, 6) is 0.180. The van der Waals surface area contributed by atoms with Crippen LogP contribution < -0.4 is 5.32 Å². The Bertz CT molecular complexity index is 264. The van der Waals surface area contributed by atoms with Gasteiger partial charge in [0.1, 0.15) is 9.84 Å². The first kappa shape index (κ1) is 15.9. The van der Waals surface area contributed by atoms with Crippen molar-refractivity contribution in [3.8, 4) is 0 Å². The van der Waals surface area contributed by atoms with E-state index in [1.807, 2.05) is 6.92 Å². The van der Waals surface area contributed by atoms with Gasteiger partial charge in [-0.3, -0.25) is 0 Å². The molecule has 4 nitrogen and oxygen atoms in total. The largest absolute Gasteiger partial charge is 0.383 e. The van der Waals surface area contributed by atoms with Crippen LogP contribution in [0.4, 0.5) is 0 Å². The minimum Gasteiger partial charge on any atom is -0.383 e. The monoisotopic (exact) mass is 251 g/mol. The number of unbranched alkanes of at least 4 members (excludes halogenated alkanes) is 1. The summed E-state index contributed by atoms with van der Waals surface area (Å²) in [6, 6.07) is 0.230. The topological polar surface area (TPSA) is 55.4 Å². The highest BCUT2D eigenvalue weighted by atomic mass is 32.2. The molecule has 2 unspecified atom stereocenters. The Morgan fingerprint density at radius 2 is 2.00 bits per heavy atom. The van der Waals surface area contributed by atoms with Crippen LogP contribution in [-0.2, 0) is 14.6 Å². The lowest BCUT2D eigenvalue weighted by atomic mass is 10.1. The van der Waals surface area contributed by atoms with Gasteiger partial charge in [0.05, 0.1) is 12.4 Å². The standard InChI is InChI=1S/C11H25NO3S/c1-5-6-7-11(8-15-3)12-10(2)9-16(4,13)14/h10-12H,5-9H2,1-4H3. The summed E-state index contributed by atoms with van der Waals surface area (Å²) < 4.78 is 27.4. The molecular weight excluding hydrogens is 226 g/mol. The summed E-state index contributed by atoms with van der Waals surface area (Å²) in [7, 11) is -1.24. The molecule has 0 saturated heterocycles. The summed E-state index contributed by atoms with van der Waals surface area (Å²) >= 11 is 0. The molecule has 0 aliphatic rings. The SMILES string of the molecule is CCCCC(COC)NC(C)CS(C)(=O)=O. The fourth-order valence-electron chi connectivity index (χ4n) is 1.77. The highest BCUT2D eigenvalue weighted by molar-refractivity contribution is 7.90. The number of rotatable bonds is 9. The van der Waals surface area contributed by atoms with Gasteiger partial charge in [0.15, 0.2) is 0 Å². The van der Waals surface area contributed by atoms with E-state index in [1.54, 1.807) is 7.11 Å². The predicted octanol–water partition coefficient (Wildman–Crippen LogP) is 1.21. The third-order valence-electron chi connectivity index (χ3n) is 2.35. The van der Waals surface area contributed by atoms with E-state index >= 15 is 0 Å². The number of ether oxygens (including phenoxy) is 1. The van der Waals surface area contributed by atoms with E-state index in [2.05, 4.69) is 12.2 Å². The van der Waals surface area contributed by atoms with Crippen LogP contribution >= 0.6 is 0 Å². The van der Waals surface area contributed by atoms with Gasteiger partial charge in [-0.05, 0) is 13.3 Å². The summed E-state index contributed by atoms with van der Waals surface area (Å²) in [6.07, 6.45) is 4.57. The second kappa shape index (κ2) is 8.03. The van der Waals surface area contributed by atoms with Crippen LogP contribution in [0.1, 0.15) is 33.1 Å². The summed E-state index contributed by atoms with van der Waals surface area (Å²) in [5, 5.41) is 3.31. The Hall–Kier alpha value is -0.130. The number of sulfone groups is 1. The summed E-state index contributed by atoms with van der Waals surface area (Å²) in [6.45, 7) is 4.67. The Kier molecular flexibility index (Phi) is 7.97. The summed E-state index contributed by atoms with van der Waals surface area (Å²) in [4.78, 5) is 0. The molecule has 0 aliphatic carbocycles. The Labute approximate surface area is 99.7 Å². The molecule has 0 fully saturated rings. The van der Waals surface area contributed by atoms with Crippen molar-refractivity contribution in [3.05, 3.63) is 0 Å². The third-order valence-corrected chi connectivity index (χ3v) is 3.45. The first-order chi connectivity index (χ1) is 7.39. The molecule has 1 N–H and O–H groups in total. The zero-order chi connectivity index (χ0) is 12.6. The first-order valence-corrected chi connectivity index (χ1v) is 7.87.